The van der Waals surface area contributed by atoms with Crippen LogP contribution < -0.4 is 0 Å². The molecule has 0 aliphatic heterocycles. The molecular weight excluding hydrogens is 671 g/mol. The van der Waals surface area contributed by atoms with E-state index in [-0.39, 0.29) is 0 Å². The molecule has 0 N–H and O–H groups in total. The van der Waals surface area contributed by atoms with Gasteiger partial charge in [0.2, 0.25) is 0 Å². The second-order valence-corrected chi connectivity index (χ2v) is 13.9. The maximum atomic E-state index is 10.5. The molecule has 0 aliphatic rings. The molecule has 0 saturated carbocycles. The van der Waals surface area contributed by atoms with Crippen LogP contribution in [0.4, 0.5) is 5.69 Å². The molecule has 0 fully saturated rings. The third kappa shape index (κ3) is 4.45. The normalized spacial score (nSPS) is 11.6. The van der Waals surface area contributed by atoms with E-state index in [1.165, 1.54) is 32.6 Å². The zero-order valence-electron chi connectivity index (χ0n) is 29.5. The van der Waals surface area contributed by atoms with Crippen molar-refractivity contribution < 1.29 is 0 Å². The summed E-state index contributed by atoms with van der Waals surface area (Å²) in [5, 5.41) is 17.3. The summed E-state index contributed by atoms with van der Waals surface area (Å²) in [6, 6.07) is 63.7. The summed E-state index contributed by atoms with van der Waals surface area (Å²) in [4.78, 5) is 3.82. The number of para-hydroxylation sites is 4. The molecule has 55 heavy (non-hydrogen) atoms. The van der Waals surface area contributed by atoms with Crippen LogP contribution in [0.2, 0.25) is 0 Å². The molecule has 0 bridgehead atoms. The Morgan fingerprint density at radius 3 is 1.51 bits per heavy atom. The number of benzene rings is 8. The molecule has 0 radical (unpaired) electrons. The van der Waals surface area contributed by atoms with Crippen molar-refractivity contribution in [1.82, 2.24) is 13.7 Å². The van der Waals surface area contributed by atoms with E-state index in [4.69, 9.17) is 6.57 Å². The van der Waals surface area contributed by atoms with Crippen molar-refractivity contribution in [3.63, 3.8) is 0 Å². The fourth-order valence-electron chi connectivity index (χ4n) is 8.75. The van der Waals surface area contributed by atoms with Crippen LogP contribution in [0.5, 0.6) is 0 Å². The Hall–Kier alpha value is -7.86. The lowest BCUT2D eigenvalue weighted by Gasteiger charge is -2.13. The number of nitriles is 1. The molecule has 8 aromatic carbocycles. The van der Waals surface area contributed by atoms with Crippen molar-refractivity contribution in [2.24, 2.45) is 0 Å². The summed E-state index contributed by atoms with van der Waals surface area (Å²) < 4.78 is 6.87. The van der Waals surface area contributed by atoms with Gasteiger partial charge in [-0.25, -0.2) is 4.85 Å². The molecule has 0 saturated heterocycles. The minimum atomic E-state index is 0.588. The molecule has 0 amide bonds. The van der Waals surface area contributed by atoms with Gasteiger partial charge in [-0.05, 0) is 83.2 Å². The topological polar surface area (TPSA) is 42.9 Å². The number of nitrogens with zero attached hydrogens (tertiary/aromatic N) is 5. The van der Waals surface area contributed by atoms with E-state index in [9.17, 15) is 5.26 Å². The summed E-state index contributed by atoms with van der Waals surface area (Å²) in [6.07, 6.45) is 0. The van der Waals surface area contributed by atoms with Gasteiger partial charge in [-0.2, -0.15) is 5.26 Å². The molecule has 5 nitrogen and oxygen atoms in total. The summed E-state index contributed by atoms with van der Waals surface area (Å²) in [6.45, 7) is 7.80. The fourth-order valence-corrected chi connectivity index (χ4v) is 8.75. The lowest BCUT2D eigenvalue weighted by Crippen LogP contribution is -1.97. The molecular formula is C50H29N5. The second-order valence-electron chi connectivity index (χ2n) is 13.9. The summed E-state index contributed by atoms with van der Waals surface area (Å²) in [5.41, 5.74) is 12.7. The van der Waals surface area contributed by atoms with Crippen LogP contribution in [0.25, 0.3) is 98.5 Å². The highest BCUT2D eigenvalue weighted by atomic mass is 15.0. The average molecular weight is 700 g/mol. The smallest absolute Gasteiger partial charge is 0.197 e. The second kappa shape index (κ2) is 11.8. The van der Waals surface area contributed by atoms with E-state index in [1.807, 2.05) is 42.5 Å². The molecule has 254 valence electrons. The van der Waals surface area contributed by atoms with Crippen LogP contribution >= 0.6 is 0 Å². The van der Waals surface area contributed by atoms with Crippen LogP contribution in [0, 0.1) is 17.9 Å². The van der Waals surface area contributed by atoms with Gasteiger partial charge in [0, 0.05) is 49.5 Å². The molecule has 11 aromatic rings. The number of hydrogen-bond donors (Lipinski definition) is 0. The van der Waals surface area contributed by atoms with Crippen molar-refractivity contribution in [2.45, 2.75) is 0 Å². The van der Waals surface area contributed by atoms with Gasteiger partial charge < -0.3 is 13.7 Å². The molecule has 3 aromatic heterocycles. The quantitative estimate of drug-likeness (QED) is 0.169. The van der Waals surface area contributed by atoms with E-state index in [0.29, 0.717) is 11.3 Å². The number of fused-ring (bicyclic) bond motifs is 9. The Balaban J connectivity index is 1.04. The summed E-state index contributed by atoms with van der Waals surface area (Å²) in [7, 11) is 0. The molecule has 0 unspecified atom stereocenters. The van der Waals surface area contributed by atoms with Crippen LogP contribution in [0.15, 0.2) is 176 Å². The predicted molar refractivity (Wildman–Crippen MR) is 226 cm³/mol. The van der Waals surface area contributed by atoms with Gasteiger partial charge in [0.25, 0.3) is 0 Å². The van der Waals surface area contributed by atoms with Gasteiger partial charge in [-0.3, -0.25) is 0 Å². The van der Waals surface area contributed by atoms with Crippen molar-refractivity contribution in [3.8, 4) is 34.3 Å². The van der Waals surface area contributed by atoms with Crippen LogP contribution in [0.3, 0.4) is 0 Å². The van der Waals surface area contributed by atoms with Crippen LogP contribution in [-0.2, 0) is 0 Å². The Kier molecular flexibility index (Phi) is 6.61. The first kappa shape index (κ1) is 30.7. The third-order valence-electron chi connectivity index (χ3n) is 11.1. The lowest BCUT2D eigenvalue weighted by molar-refractivity contribution is 1.15. The first-order valence-electron chi connectivity index (χ1n) is 18.3. The van der Waals surface area contributed by atoms with Gasteiger partial charge in [-0.1, -0.05) is 109 Å². The van der Waals surface area contributed by atoms with Crippen molar-refractivity contribution in [2.75, 3.05) is 0 Å². The zero-order valence-corrected chi connectivity index (χ0v) is 29.5. The highest BCUT2D eigenvalue weighted by Crippen LogP contribution is 2.40. The maximum Gasteiger partial charge on any atom is 0.197 e. The Morgan fingerprint density at radius 1 is 0.418 bits per heavy atom. The highest BCUT2D eigenvalue weighted by molar-refractivity contribution is 6.15. The van der Waals surface area contributed by atoms with E-state index in [0.717, 1.165) is 61.0 Å². The Bertz CT molecular complexity index is 3400. The standard InChI is InChI=1S/C50H29N5/c1-52-43-15-10-20-48-50(43)42-14-5-9-19-47(42)55(48)35-25-27-37(33(29-35)31-51)32-21-23-34(24-22-32)53-44-16-6-4-13-40(44)41-28-26-36(30-49(41)53)54-45-17-7-2-11-38(45)39-12-3-8-18-46(39)54/h2-30H. The largest absolute Gasteiger partial charge is 0.311 e. The van der Waals surface area contributed by atoms with Gasteiger partial charge in [0.05, 0.1) is 45.8 Å². The minimum absolute atomic E-state index is 0.588. The fraction of sp³-hybridized carbons (Fsp3) is 0. The van der Waals surface area contributed by atoms with Gasteiger partial charge >= 0.3 is 0 Å². The minimum Gasteiger partial charge on any atom is -0.311 e. The molecule has 3 heterocycles. The number of rotatable bonds is 4. The van der Waals surface area contributed by atoms with Crippen LogP contribution in [-0.4, -0.2) is 13.7 Å². The predicted octanol–water partition coefficient (Wildman–Crippen LogP) is 13.1. The maximum absolute atomic E-state index is 10.5. The molecule has 0 spiro atoms. The van der Waals surface area contributed by atoms with E-state index >= 15 is 0 Å². The molecule has 11 rings (SSSR count). The third-order valence-corrected chi connectivity index (χ3v) is 11.1. The number of hydrogen-bond acceptors (Lipinski definition) is 1. The molecule has 0 atom stereocenters. The van der Waals surface area contributed by atoms with Crippen molar-refractivity contribution in [1.29, 1.82) is 5.26 Å². The lowest BCUT2D eigenvalue weighted by atomic mass is 9.99. The average Bonchev–Trinajstić information content (AvgIpc) is 3.89. The Morgan fingerprint density at radius 2 is 0.891 bits per heavy atom. The van der Waals surface area contributed by atoms with Gasteiger partial charge in [0.15, 0.2) is 5.69 Å². The highest BCUT2D eigenvalue weighted by Gasteiger charge is 2.18. The zero-order chi connectivity index (χ0) is 36.6. The molecule has 0 aliphatic carbocycles. The SMILES string of the molecule is [C-]#[N+]c1cccc2c1c1ccccc1n2-c1ccc(-c2ccc(-n3c4ccccc4c4ccc(-n5c6ccccc6c6ccccc65)cc43)cc2)c(C#N)c1. The van der Waals surface area contributed by atoms with E-state index < -0.39 is 0 Å². The summed E-state index contributed by atoms with van der Waals surface area (Å²) >= 11 is 0. The Labute approximate surface area is 316 Å². The number of aromatic nitrogens is 3. The van der Waals surface area contributed by atoms with Crippen molar-refractivity contribution >= 4 is 71.1 Å². The van der Waals surface area contributed by atoms with Gasteiger partial charge in [0.1, 0.15) is 0 Å². The first-order valence-corrected chi connectivity index (χ1v) is 18.3. The summed E-state index contributed by atoms with van der Waals surface area (Å²) in [5.74, 6) is 0. The van der Waals surface area contributed by atoms with Gasteiger partial charge in [-0.15, -0.1) is 0 Å². The van der Waals surface area contributed by atoms with Crippen LogP contribution in [0.1, 0.15) is 5.56 Å². The van der Waals surface area contributed by atoms with E-state index in [2.05, 4.69) is 158 Å². The monoisotopic (exact) mass is 699 g/mol. The molecule has 5 heteroatoms. The van der Waals surface area contributed by atoms with Crippen molar-refractivity contribution in [3.05, 3.63) is 193 Å². The first-order chi connectivity index (χ1) is 27.2. The van der Waals surface area contributed by atoms with E-state index in [1.54, 1.807) is 0 Å².